The Morgan fingerprint density at radius 3 is 2.53 bits per heavy atom. The highest BCUT2D eigenvalue weighted by Crippen LogP contribution is 2.29. The lowest BCUT2D eigenvalue weighted by atomic mass is 9.87. The van der Waals surface area contributed by atoms with Gasteiger partial charge in [-0.25, -0.2) is 0 Å². The van der Waals surface area contributed by atoms with Crippen molar-refractivity contribution < 1.29 is 0 Å². The molecule has 2 nitrogen and oxygen atoms in total. The Hall–Kier alpha value is -0.0800. The maximum absolute atomic E-state index is 3.48. The van der Waals surface area contributed by atoms with Crippen LogP contribution >= 0.6 is 0 Å². The van der Waals surface area contributed by atoms with Crippen molar-refractivity contribution in [3.05, 3.63) is 0 Å². The molecule has 88 valence electrons. The van der Waals surface area contributed by atoms with Crippen molar-refractivity contribution in [2.45, 2.75) is 51.5 Å². The van der Waals surface area contributed by atoms with Gasteiger partial charge in [-0.1, -0.05) is 6.42 Å². The summed E-state index contributed by atoms with van der Waals surface area (Å²) >= 11 is 0. The molecule has 2 heteroatoms. The number of hydrogen-bond donors (Lipinski definition) is 1. The fourth-order valence-electron chi connectivity index (χ4n) is 3.22. The van der Waals surface area contributed by atoms with Crippen LogP contribution in [0.5, 0.6) is 0 Å². The zero-order chi connectivity index (χ0) is 10.7. The topological polar surface area (TPSA) is 15.3 Å². The van der Waals surface area contributed by atoms with Crippen molar-refractivity contribution in [3.63, 3.8) is 0 Å². The molecule has 2 fully saturated rings. The van der Waals surface area contributed by atoms with Gasteiger partial charge in [-0.05, 0) is 71.6 Å². The molecule has 0 aliphatic carbocycles. The van der Waals surface area contributed by atoms with Gasteiger partial charge in [-0.15, -0.1) is 0 Å². The molecule has 2 heterocycles. The van der Waals surface area contributed by atoms with Gasteiger partial charge < -0.3 is 5.32 Å². The molecule has 0 aromatic rings. The number of piperidine rings is 1. The molecule has 2 saturated heterocycles. The van der Waals surface area contributed by atoms with E-state index in [0.717, 1.165) is 5.92 Å². The quantitative estimate of drug-likeness (QED) is 0.768. The largest absolute Gasteiger partial charge is 0.316 e. The van der Waals surface area contributed by atoms with E-state index < -0.39 is 0 Å². The normalized spacial score (nSPS) is 29.6. The lowest BCUT2D eigenvalue weighted by Crippen LogP contribution is -2.47. The van der Waals surface area contributed by atoms with Crippen LogP contribution in [0.15, 0.2) is 0 Å². The number of nitrogens with zero attached hydrogens (tertiary/aromatic N) is 1. The first-order chi connectivity index (χ1) is 7.18. The molecule has 2 aliphatic heterocycles. The first-order valence-electron chi connectivity index (χ1n) is 6.64. The third-order valence-corrected chi connectivity index (χ3v) is 4.16. The molecule has 1 N–H and O–H groups in total. The maximum Gasteiger partial charge on any atom is 0.0156 e. The fraction of sp³-hybridized carbons (Fsp3) is 1.00. The molecule has 0 bridgehead atoms. The van der Waals surface area contributed by atoms with Gasteiger partial charge in [0.2, 0.25) is 0 Å². The van der Waals surface area contributed by atoms with Crippen LogP contribution in [0.2, 0.25) is 0 Å². The Kier molecular flexibility index (Phi) is 3.68. The molecule has 0 aromatic carbocycles. The molecule has 0 radical (unpaired) electrons. The highest BCUT2D eigenvalue weighted by atomic mass is 15.2. The lowest BCUT2D eigenvalue weighted by molar-refractivity contribution is 0.0754. The zero-order valence-electron chi connectivity index (χ0n) is 10.4. The van der Waals surface area contributed by atoms with Crippen LogP contribution in [-0.4, -0.2) is 36.6 Å². The lowest BCUT2D eigenvalue weighted by Gasteiger charge is -2.42. The minimum Gasteiger partial charge on any atom is -0.316 e. The van der Waals surface area contributed by atoms with Crippen LogP contribution in [0.25, 0.3) is 0 Å². The van der Waals surface area contributed by atoms with Gasteiger partial charge in [0.15, 0.2) is 0 Å². The molecule has 0 aromatic heterocycles. The summed E-state index contributed by atoms with van der Waals surface area (Å²) in [5.41, 5.74) is 0.428. The summed E-state index contributed by atoms with van der Waals surface area (Å²) in [4.78, 5) is 2.72. The van der Waals surface area contributed by atoms with E-state index in [1.165, 1.54) is 58.3 Å². The standard InChI is InChI=1S/C13H26N2/c1-13(2,10-12-6-7-14-11-12)15-8-4-3-5-9-15/h12,14H,3-11H2,1-2H3. The Morgan fingerprint density at radius 2 is 1.93 bits per heavy atom. The SMILES string of the molecule is CC(C)(CC1CCNC1)N1CCCCC1. The molecule has 0 amide bonds. The first kappa shape index (κ1) is 11.4. The Morgan fingerprint density at radius 1 is 1.20 bits per heavy atom. The minimum absolute atomic E-state index is 0.428. The summed E-state index contributed by atoms with van der Waals surface area (Å²) in [7, 11) is 0. The van der Waals surface area contributed by atoms with Gasteiger partial charge in [0.1, 0.15) is 0 Å². The van der Waals surface area contributed by atoms with Crippen molar-refractivity contribution in [2.75, 3.05) is 26.2 Å². The molecule has 0 spiro atoms. The van der Waals surface area contributed by atoms with E-state index in [-0.39, 0.29) is 0 Å². The summed E-state index contributed by atoms with van der Waals surface area (Å²) in [6.07, 6.45) is 7.02. The minimum atomic E-state index is 0.428. The van der Waals surface area contributed by atoms with E-state index in [1.807, 2.05) is 0 Å². The second-order valence-electron chi connectivity index (χ2n) is 5.92. The van der Waals surface area contributed by atoms with Crippen LogP contribution in [0.4, 0.5) is 0 Å². The third kappa shape index (κ3) is 2.94. The van der Waals surface area contributed by atoms with Crippen molar-refractivity contribution in [1.82, 2.24) is 10.2 Å². The van der Waals surface area contributed by atoms with E-state index in [0.29, 0.717) is 5.54 Å². The Bertz CT molecular complexity index is 189. The van der Waals surface area contributed by atoms with Gasteiger partial charge in [0, 0.05) is 5.54 Å². The molecular formula is C13H26N2. The van der Waals surface area contributed by atoms with Gasteiger partial charge in [-0.2, -0.15) is 0 Å². The molecular weight excluding hydrogens is 184 g/mol. The predicted octanol–water partition coefficient (Wildman–Crippen LogP) is 2.25. The summed E-state index contributed by atoms with van der Waals surface area (Å²) in [5.74, 6) is 0.918. The highest BCUT2D eigenvalue weighted by Gasteiger charge is 2.31. The number of nitrogens with one attached hydrogen (secondary N) is 1. The summed E-state index contributed by atoms with van der Waals surface area (Å²) < 4.78 is 0. The average Bonchev–Trinajstić information content (AvgIpc) is 2.71. The Labute approximate surface area is 94.4 Å². The van der Waals surface area contributed by atoms with E-state index >= 15 is 0 Å². The second kappa shape index (κ2) is 4.84. The van der Waals surface area contributed by atoms with Gasteiger partial charge in [0.25, 0.3) is 0 Å². The average molecular weight is 210 g/mol. The van der Waals surface area contributed by atoms with Crippen LogP contribution in [-0.2, 0) is 0 Å². The van der Waals surface area contributed by atoms with Crippen LogP contribution in [0.1, 0.15) is 46.0 Å². The number of likely N-dealkylation sites (tertiary alicyclic amines) is 1. The van der Waals surface area contributed by atoms with Crippen molar-refractivity contribution in [2.24, 2.45) is 5.92 Å². The molecule has 2 rings (SSSR count). The van der Waals surface area contributed by atoms with Gasteiger partial charge >= 0.3 is 0 Å². The predicted molar refractivity (Wildman–Crippen MR) is 65.1 cm³/mol. The van der Waals surface area contributed by atoms with Crippen molar-refractivity contribution >= 4 is 0 Å². The third-order valence-electron chi connectivity index (χ3n) is 4.16. The molecule has 2 aliphatic rings. The van der Waals surface area contributed by atoms with E-state index in [9.17, 15) is 0 Å². The van der Waals surface area contributed by atoms with Gasteiger partial charge in [-0.3, -0.25) is 4.90 Å². The monoisotopic (exact) mass is 210 g/mol. The Balaban J connectivity index is 1.86. The van der Waals surface area contributed by atoms with Crippen LogP contribution < -0.4 is 5.32 Å². The first-order valence-corrected chi connectivity index (χ1v) is 6.64. The zero-order valence-corrected chi connectivity index (χ0v) is 10.4. The fourth-order valence-corrected chi connectivity index (χ4v) is 3.22. The van der Waals surface area contributed by atoms with Gasteiger partial charge in [0.05, 0.1) is 0 Å². The van der Waals surface area contributed by atoms with Crippen LogP contribution in [0, 0.1) is 5.92 Å². The number of rotatable bonds is 3. The molecule has 1 atom stereocenters. The van der Waals surface area contributed by atoms with E-state index in [4.69, 9.17) is 0 Å². The van der Waals surface area contributed by atoms with E-state index in [2.05, 4.69) is 24.1 Å². The van der Waals surface area contributed by atoms with Crippen molar-refractivity contribution in [1.29, 1.82) is 0 Å². The molecule has 0 saturated carbocycles. The van der Waals surface area contributed by atoms with Crippen molar-refractivity contribution in [3.8, 4) is 0 Å². The number of hydrogen-bond acceptors (Lipinski definition) is 2. The summed E-state index contributed by atoms with van der Waals surface area (Å²) in [6.45, 7) is 10.0. The second-order valence-corrected chi connectivity index (χ2v) is 5.92. The van der Waals surface area contributed by atoms with Crippen LogP contribution in [0.3, 0.4) is 0 Å². The summed E-state index contributed by atoms with van der Waals surface area (Å²) in [6, 6.07) is 0. The summed E-state index contributed by atoms with van der Waals surface area (Å²) in [5, 5.41) is 3.48. The molecule has 1 unspecified atom stereocenters. The van der Waals surface area contributed by atoms with E-state index in [1.54, 1.807) is 0 Å². The molecule has 15 heavy (non-hydrogen) atoms. The smallest absolute Gasteiger partial charge is 0.0156 e. The highest BCUT2D eigenvalue weighted by molar-refractivity contribution is 4.88. The maximum atomic E-state index is 3.48.